The predicted octanol–water partition coefficient (Wildman–Crippen LogP) is 1.15. The third-order valence-corrected chi connectivity index (χ3v) is 3.07. The van der Waals surface area contributed by atoms with Crippen LogP contribution in [-0.4, -0.2) is 37.0 Å². The Labute approximate surface area is 125 Å². The van der Waals surface area contributed by atoms with Crippen LogP contribution in [0, 0.1) is 0 Å². The van der Waals surface area contributed by atoms with E-state index in [4.69, 9.17) is 11.6 Å². The first kappa shape index (κ1) is 13.4. The van der Waals surface area contributed by atoms with E-state index in [-0.39, 0.29) is 16.8 Å². The lowest BCUT2D eigenvalue weighted by Gasteiger charge is -2.03. The fourth-order valence-electron chi connectivity index (χ4n) is 1.87. The van der Waals surface area contributed by atoms with E-state index in [1.807, 2.05) is 28.8 Å². The maximum absolute atomic E-state index is 11.8. The highest BCUT2D eigenvalue weighted by atomic mass is 35.5. The highest BCUT2D eigenvalue weighted by Gasteiger charge is 2.09. The number of rotatable bonds is 4. The minimum Gasteiger partial charge on any atom is -0.350 e. The Balaban J connectivity index is 1.61. The molecule has 0 aliphatic rings. The van der Waals surface area contributed by atoms with E-state index < -0.39 is 0 Å². The summed E-state index contributed by atoms with van der Waals surface area (Å²) in [5, 5.41) is 11.1. The molecule has 0 spiro atoms. The number of halogens is 1. The predicted molar refractivity (Wildman–Crippen MR) is 76.1 cm³/mol. The molecule has 0 bridgehead atoms. The van der Waals surface area contributed by atoms with Gasteiger partial charge in [0.2, 0.25) is 0 Å². The number of nitrogens with one attached hydrogen (secondary N) is 1. The van der Waals surface area contributed by atoms with Crippen LogP contribution in [0.5, 0.6) is 0 Å². The minimum atomic E-state index is -0.298. The van der Waals surface area contributed by atoms with Crippen LogP contribution >= 0.6 is 11.6 Å². The fraction of sp³-hybridized carbons (Fsp3) is 0.154. The molecule has 3 rings (SSSR count). The topological polar surface area (TPSA) is 85.1 Å². The summed E-state index contributed by atoms with van der Waals surface area (Å²) < 4.78 is 1.88. The monoisotopic (exact) mass is 302 g/mol. The molecule has 106 valence electrons. The van der Waals surface area contributed by atoms with Crippen LogP contribution in [0.1, 0.15) is 16.3 Å². The summed E-state index contributed by atoms with van der Waals surface area (Å²) in [5.41, 5.74) is 1.01. The Kier molecular flexibility index (Phi) is 3.74. The molecule has 0 atom stereocenters. The van der Waals surface area contributed by atoms with E-state index in [1.54, 1.807) is 0 Å². The van der Waals surface area contributed by atoms with Crippen molar-refractivity contribution in [2.24, 2.45) is 0 Å². The smallest absolute Gasteiger partial charge is 0.271 e. The lowest BCUT2D eigenvalue weighted by molar-refractivity contribution is 0.0948. The highest BCUT2D eigenvalue weighted by molar-refractivity contribution is 6.29. The third kappa shape index (κ3) is 2.97. The Morgan fingerprint density at radius 2 is 2.14 bits per heavy atom. The number of aromatic nitrogens is 5. The highest BCUT2D eigenvalue weighted by Crippen LogP contribution is 2.03. The average molecular weight is 303 g/mol. The van der Waals surface area contributed by atoms with Crippen LogP contribution in [0.4, 0.5) is 0 Å². The molecule has 3 aromatic rings. The van der Waals surface area contributed by atoms with Gasteiger partial charge in [0.05, 0.1) is 12.4 Å². The van der Waals surface area contributed by atoms with Crippen molar-refractivity contribution in [1.82, 2.24) is 29.9 Å². The van der Waals surface area contributed by atoms with Crippen LogP contribution in [0.3, 0.4) is 0 Å². The van der Waals surface area contributed by atoms with Gasteiger partial charge < -0.3 is 5.32 Å². The van der Waals surface area contributed by atoms with Crippen LogP contribution in [-0.2, 0) is 6.42 Å². The molecule has 0 unspecified atom stereocenters. The Morgan fingerprint density at radius 3 is 2.95 bits per heavy atom. The molecule has 0 aliphatic heterocycles. The lowest BCUT2D eigenvalue weighted by Crippen LogP contribution is -2.27. The van der Waals surface area contributed by atoms with Gasteiger partial charge >= 0.3 is 0 Å². The van der Waals surface area contributed by atoms with Crippen molar-refractivity contribution in [3.05, 3.63) is 53.5 Å². The largest absolute Gasteiger partial charge is 0.350 e. The van der Waals surface area contributed by atoms with Gasteiger partial charge in [-0.2, -0.15) is 0 Å². The van der Waals surface area contributed by atoms with Crippen LogP contribution in [0.25, 0.3) is 5.65 Å². The van der Waals surface area contributed by atoms with E-state index in [0.717, 1.165) is 11.5 Å². The summed E-state index contributed by atoms with van der Waals surface area (Å²) >= 11 is 5.62. The van der Waals surface area contributed by atoms with Gasteiger partial charge in [0, 0.05) is 19.2 Å². The first-order valence-electron chi connectivity index (χ1n) is 6.28. The maximum Gasteiger partial charge on any atom is 0.271 e. The Bertz CT molecular complexity index is 770. The first-order chi connectivity index (χ1) is 10.2. The van der Waals surface area contributed by atoms with E-state index in [2.05, 4.69) is 25.5 Å². The van der Waals surface area contributed by atoms with E-state index in [0.29, 0.717) is 13.0 Å². The molecule has 0 aliphatic carbocycles. The van der Waals surface area contributed by atoms with Gasteiger partial charge in [-0.25, -0.2) is 9.97 Å². The Hall–Kier alpha value is -2.54. The van der Waals surface area contributed by atoms with Crippen LogP contribution in [0.2, 0.25) is 5.15 Å². The summed E-state index contributed by atoms with van der Waals surface area (Å²) in [4.78, 5) is 19.6. The van der Waals surface area contributed by atoms with E-state index >= 15 is 0 Å². The molecular weight excluding hydrogens is 292 g/mol. The number of fused-ring (bicyclic) bond motifs is 1. The van der Waals surface area contributed by atoms with Crippen molar-refractivity contribution in [2.75, 3.05) is 6.54 Å². The molecule has 0 saturated carbocycles. The van der Waals surface area contributed by atoms with Crippen molar-refractivity contribution >= 4 is 23.2 Å². The minimum absolute atomic E-state index is 0.227. The van der Waals surface area contributed by atoms with Crippen molar-refractivity contribution in [1.29, 1.82) is 0 Å². The second-order valence-corrected chi connectivity index (χ2v) is 4.66. The molecule has 21 heavy (non-hydrogen) atoms. The van der Waals surface area contributed by atoms with Gasteiger partial charge in [0.1, 0.15) is 16.7 Å². The van der Waals surface area contributed by atoms with Gasteiger partial charge in [-0.3, -0.25) is 9.20 Å². The molecule has 1 amide bonds. The Morgan fingerprint density at radius 1 is 1.24 bits per heavy atom. The van der Waals surface area contributed by atoms with Crippen LogP contribution in [0.15, 0.2) is 36.8 Å². The quantitative estimate of drug-likeness (QED) is 0.781. The zero-order chi connectivity index (χ0) is 14.7. The zero-order valence-corrected chi connectivity index (χ0v) is 11.7. The third-order valence-electron chi connectivity index (χ3n) is 2.87. The normalized spacial score (nSPS) is 10.7. The number of hydrogen-bond donors (Lipinski definition) is 1. The molecule has 8 heteroatoms. The number of hydrogen-bond acceptors (Lipinski definition) is 5. The maximum atomic E-state index is 11.8. The fourth-order valence-corrected chi connectivity index (χ4v) is 1.97. The number of carbonyl (C=O) groups is 1. The first-order valence-corrected chi connectivity index (χ1v) is 6.66. The second-order valence-electron chi connectivity index (χ2n) is 4.28. The molecule has 3 aromatic heterocycles. The summed E-state index contributed by atoms with van der Waals surface area (Å²) in [5.74, 6) is 0.487. The molecule has 0 saturated heterocycles. The number of carbonyl (C=O) groups excluding carboxylic acids is 1. The van der Waals surface area contributed by atoms with E-state index in [9.17, 15) is 4.79 Å². The van der Waals surface area contributed by atoms with Crippen molar-refractivity contribution in [3.8, 4) is 0 Å². The molecule has 1 N–H and O–H groups in total. The summed E-state index contributed by atoms with van der Waals surface area (Å²) in [6, 6.07) is 5.68. The lowest BCUT2D eigenvalue weighted by atomic mass is 10.3. The molecule has 0 radical (unpaired) electrons. The average Bonchev–Trinajstić information content (AvgIpc) is 2.91. The second kappa shape index (κ2) is 5.84. The van der Waals surface area contributed by atoms with Crippen molar-refractivity contribution < 1.29 is 4.79 Å². The van der Waals surface area contributed by atoms with Gasteiger partial charge in [-0.15, -0.1) is 10.2 Å². The van der Waals surface area contributed by atoms with Gasteiger partial charge in [-0.05, 0) is 12.1 Å². The molecule has 3 heterocycles. The van der Waals surface area contributed by atoms with Gasteiger partial charge in [-0.1, -0.05) is 17.7 Å². The molecule has 7 nitrogen and oxygen atoms in total. The number of amides is 1. The summed E-state index contributed by atoms with van der Waals surface area (Å²) in [6.45, 7) is 0.429. The number of nitrogens with zero attached hydrogens (tertiary/aromatic N) is 5. The standard InChI is InChI=1S/C13H11ClN6O/c14-10-8-16-9(7-17-10)13(21)15-5-4-12-19-18-11-3-1-2-6-20(11)12/h1-3,6-8H,4-5H2,(H,15,21). The SMILES string of the molecule is O=C(NCCc1nnc2ccccn12)c1cnc(Cl)cn1. The van der Waals surface area contributed by atoms with Gasteiger partial charge in [0.15, 0.2) is 5.65 Å². The molecule has 0 aromatic carbocycles. The van der Waals surface area contributed by atoms with Gasteiger partial charge in [0.25, 0.3) is 5.91 Å². The van der Waals surface area contributed by atoms with Crippen molar-refractivity contribution in [2.45, 2.75) is 6.42 Å². The number of pyridine rings is 1. The van der Waals surface area contributed by atoms with Crippen molar-refractivity contribution in [3.63, 3.8) is 0 Å². The van der Waals surface area contributed by atoms with E-state index in [1.165, 1.54) is 12.4 Å². The molecule has 0 fully saturated rings. The molecular formula is C13H11ClN6O. The summed E-state index contributed by atoms with van der Waals surface area (Å²) in [7, 11) is 0. The summed E-state index contributed by atoms with van der Waals surface area (Å²) in [6.07, 6.45) is 5.13. The van der Waals surface area contributed by atoms with Crippen LogP contribution < -0.4 is 5.32 Å². The zero-order valence-electron chi connectivity index (χ0n) is 10.9.